The summed E-state index contributed by atoms with van der Waals surface area (Å²) in [6.45, 7) is 5.20. The standard InChI is InChI=1S/C26H28FN3O3/c1-17-23-11-22(32)6-7-24(23)33-26(25(17)19-4-2-5-21(31)10-19)20-13-28-30(16-20)9-3-8-29-14-18(12-27)15-29/h2,4-7,10-11,13,16,18,26,31-32H,3,8-9,12,14-15H2,1H3. The predicted octanol–water partition coefficient (Wildman–Crippen LogP) is 4.65. The number of phenolic OH excluding ortho intramolecular Hbond substituents is 2. The molecule has 0 saturated carbocycles. The summed E-state index contributed by atoms with van der Waals surface area (Å²) >= 11 is 0. The van der Waals surface area contributed by atoms with Crippen LogP contribution in [0.15, 0.2) is 54.9 Å². The van der Waals surface area contributed by atoms with E-state index in [-0.39, 0.29) is 24.1 Å². The lowest BCUT2D eigenvalue weighted by molar-refractivity contribution is 0.0785. The first-order valence-electron chi connectivity index (χ1n) is 11.3. The number of hydrogen-bond acceptors (Lipinski definition) is 5. The second-order valence-electron chi connectivity index (χ2n) is 8.94. The number of aryl methyl sites for hydroxylation is 1. The molecule has 2 aliphatic heterocycles. The van der Waals surface area contributed by atoms with Gasteiger partial charge in [-0.05, 0) is 61.4 Å². The molecule has 0 aliphatic carbocycles. The molecule has 2 N–H and O–H groups in total. The highest BCUT2D eigenvalue weighted by molar-refractivity contribution is 5.95. The van der Waals surface area contributed by atoms with Crippen molar-refractivity contribution >= 4 is 11.1 Å². The number of rotatable bonds is 7. The van der Waals surface area contributed by atoms with Crippen molar-refractivity contribution in [2.45, 2.75) is 26.0 Å². The Morgan fingerprint density at radius 2 is 1.91 bits per heavy atom. The Bertz CT molecular complexity index is 1180. The van der Waals surface area contributed by atoms with Crippen molar-refractivity contribution in [3.05, 3.63) is 71.5 Å². The van der Waals surface area contributed by atoms with E-state index >= 15 is 0 Å². The molecule has 1 saturated heterocycles. The van der Waals surface area contributed by atoms with Gasteiger partial charge in [-0.3, -0.25) is 9.07 Å². The van der Waals surface area contributed by atoms with Crippen LogP contribution in [-0.4, -0.2) is 51.2 Å². The van der Waals surface area contributed by atoms with Gasteiger partial charge < -0.3 is 19.8 Å². The van der Waals surface area contributed by atoms with Gasteiger partial charge in [0.1, 0.15) is 17.2 Å². The zero-order valence-corrected chi connectivity index (χ0v) is 18.6. The Labute approximate surface area is 192 Å². The van der Waals surface area contributed by atoms with Gasteiger partial charge in [0.05, 0.1) is 12.9 Å². The number of phenols is 2. The molecule has 2 aromatic carbocycles. The minimum Gasteiger partial charge on any atom is -0.508 e. The molecule has 0 bridgehead atoms. The van der Waals surface area contributed by atoms with Crippen LogP contribution in [0.2, 0.25) is 0 Å². The van der Waals surface area contributed by atoms with Crippen LogP contribution >= 0.6 is 0 Å². The number of halogens is 1. The molecule has 172 valence electrons. The van der Waals surface area contributed by atoms with Gasteiger partial charge in [-0.2, -0.15) is 5.10 Å². The zero-order chi connectivity index (χ0) is 22.9. The Balaban J connectivity index is 1.40. The van der Waals surface area contributed by atoms with Gasteiger partial charge in [0, 0.05) is 48.4 Å². The number of likely N-dealkylation sites (tertiary alicyclic amines) is 1. The van der Waals surface area contributed by atoms with Crippen LogP contribution in [0.1, 0.15) is 36.1 Å². The summed E-state index contributed by atoms with van der Waals surface area (Å²) in [6, 6.07) is 12.2. The molecular weight excluding hydrogens is 421 g/mol. The summed E-state index contributed by atoms with van der Waals surface area (Å²) in [6.07, 6.45) is 4.39. The number of aromatic nitrogens is 2. The smallest absolute Gasteiger partial charge is 0.153 e. The van der Waals surface area contributed by atoms with Crippen molar-refractivity contribution < 1.29 is 19.3 Å². The molecular formula is C26H28FN3O3. The highest BCUT2D eigenvalue weighted by Crippen LogP contribution is 2.47. The summed E-state index contributed by atoms with van der Waals surface area (Å²) < 4.78 is 20.9. The van der Waals surface area contributed by atoms with Gasteiger partial charge in [0.2, 0.25) is 0 Å². The summed E-state index contributed by atoms with van der Waals surface area (Å²) in [4.78, 5) is 2.28. The van der Waals surface area contributed by atoms with Crippen molar-refractivity contribution in [3.63, 3.8) is 0 Å². The van der Waals surface area contributed by atoms with Gasteiger partial charge in [0.25, 0.3) is 0 Å². The monoisotopic (exact) mass is 449 g/mol. The van der Waals surface area contributed by atoms with E-state index in [2.05, 4.69) is 10.00 Å². The minimum absolute atomic E-state index is 0.179. The Morgan fingerprint density at radius 1 is 1.09 bits per heavy atom. The fourth-order valence-electron chi connectivity index (χ4n) is 4.77. The average Bonchev–Trinajstić information content (AvgIpc) is 3.24. The highest BCUT2D eigenvalue weighted by Gasteiger charge is 2.31. The normalized spacial score (nSPS) is 18.7. The number of ether oxygens (including phenoxy) is 1. The maximum atomic E-state index is 12.6. The van der Waals surface area contributed by atoms with Crippen LogP contribution in [0.25, 0.3) is 11.1 Å². The van der Waals surface area contributed by atoms with Crippen molar-refractivity contribution in [1.29, 1.82) is 0 Å². The van der Waals surface area contributed by atoms with Crippen molar-refractivity contribution in [2.24, 2.45) is 5.92 Å². The van der Waals surface area contributed by atoms with Crippen LogP contribution in [0.5, 0.6) is 17.2 Å². The number of fused-ring (bicyclic) bond motifs is 1. The Hall–Kier alpha value is -3.32. The third kappa shape index (κ3) is 4.33. The van der Waals surface area contributed by atoms with E-state index < -0.39 is 6.10 Å². The first kappa shape index (κ1) is 21.5. The summed E-state index contributed by atoms with van der Waals surface area (Å²) in [5.41, 5.74) is 4.53. The number of alkyl halides is 1. The van der Waals surface area contributed by atoms with Crippen molar-refractivity contribution in [3.8, 4) is 17.2 Å². The second-order valence-corrected chi connectivity index (χ2v) is 8.94. The Morgan fingerprint density at radius 3 is 2.70 bits per heavy atom. The third-order valence-corrected chi connectivity index (χ3v) is 6.50. The lowest BCUT2D eigenvalue weighted by Crippen LogP contribution is -2.48. The Kier molecular flexibility index (Phi) is 5.81. The topological polar surface area (TPSA) is 70.8 Å². The van der Waals surface area contributed by atoms with Crippen LogP contribution in [-0.2, 0) is 6.54 Å². The number of hydrogen-bond donors (Lipinski definition) is 2. The molecule has 0 radical (unpaired) electrons. The molecule has 0 amide bonds. The molecule has 33 heavy (non-hydrogen) atoms. The molecule has 2 aliphatic rings. The largest absolute Gasteiger partial charge is 0.508 e. The average molecular weight is 450 g/mol. The minimum atomic E-state index is -0.390. The SMILES string of the molecule is CC1=C(c2cccc(O)c2)C(c2cnn(CCCN3CC(CF)C3)c2)Oc2ccc(O)cc21. The third-order valence-electron chi connectivity index (χ3n) is 6.50. The van der Waals surface area contributed by atoms with Crippen LogP contribution in [0.4, 0.5) is 4.39 Å². The number of aromatic hydroxyl groups is 2. The van der Waals surface area contributed by atoms with Crippen molar-refractivity contribution in [1.82, 2.24) is 14.7 Å². The predicted molar refractivity (Wildman–Crippen MR) is 125 cm³/mol. The van der Waals surface area contributed by atoms with Gasteiger partial charge in [0.15, 0.2) is 6.10 Å². The number of allylic oxidation sites excluding steroid dienone is 1. The summed E-state index contributed by atoms with van der Waals surface area (Å²) in [7, 11) is 0. The van der Waals surface area contributed by atoms with E-state index in [0.717, 1.165) is 60.4 Å². The van der Waals surface area contributed by atoms with Gasteiger partial charge in [-0.1, -0.05) is 12.1 Å². The molecule has 3 heterocycles. The van der Waals surface area contributed by atoms with E-state index in [1.54, 1.807) is 30.3 Å². The van der Waals surface area contributed by atoms with Gasteiger partial charge in [-0.15, -0.1) is 0 Å². The van der Waals surface area contributed by atoms with E-state index in [9.17, 15) is 14.6 Å². The van der Waals surface area contributed by atoms with E-state index in [4.69, 9.17) is 4.74 Å². The van der Waals surface area contributed by atoms with Crippen LogP contribution in [0.3, 0.4) is 0 Å². The fourth-order valence-corrected chi connectivity index (χ4v) is 4.77. The first-order chi connectivity index (χ1) is 16.0. The maximum absolute atomic E-state index is 12.6. The maximum Gasteiger partial charge on any atom is 0.153 e. The van der Waals surface area contributed by atoms with Crippen LogP contribution in [0, 0.1) is 5.92 Å². The van der Waals surface area contributed by atoms with E-state index in [1.807, 2.05) is 36.1 Å². The molecule has 0 spiro atoms. The molecule has 1 atom stereocenters. The van der Waals surface area contributed by atoms with Crippen molar-refractivity contribution in [2.75, 3.05) is 26.3 Å². The lowest BCUT2D eigenvalue weighted by atomic mass is 9.87. The molecule has 7 heteroatoms. The number of nitrogens with zero attached hydrogens (tertiary/aromatic N) is 3. The zero-order valence-electron chi connectivity index (χ0n) is 18.6. The fraction of sp³-hybridized carbons (Fsp3) is 0.346. The van der Waals surface area contributed by atoms with E-state index in [1.165, 1.54) is 0 Å². The molecule has 6 nitrogen and oxygen atoms in total. The lowest BCUT2D eigenvalue weighted by Gasteiger charge is -2.37. The quantitative estimate of drug-likeness (QED) is 0.550. The molecule has 3 aromatic rings. The second kappa shape index (κ2) is 8.90. The van der Waals surface area contributed by atoms with Gasteiger partial charge >= 0.3 is 0 Å². The molecule has 1 aromatic heterocycles. The summed E-state index contributed by atoms with van der Waals surface area (Å²) in [5, 5.41) is 24.6. The molecule has 5 rings (SSSR count). The highest BCUT2D eigenvalue weighted by atomic mass is 19.1. The molecule has 1 unspecified atom stereocenters. The first-order valence-corrected chi connectivity index (χ1v) is 11.3. The number of benzene rings is 2. The van der Waals surface area contributed by atoms with Crippen LogP contribution < -0.4 is 4.74 Å². The molecule has 1 fully saturated rings. The van der Waals surface area contributed by atoms with E-state index in [0.29, 0.717) is 5.75 Å². The summed E-state index contributed by atoms with van der Waals surface area (Å²) in [5.74, 6) is 1.27. The van der Waals surface area contributed by atoms with Gasteiger partial charge in [-0.25, -0.2) is 0 Å².